The molecule has 0 aromatic carbocycles. The van der Waals surface area contributed by atoms with Gasteiger partial charge in [-0.05, 0) is 108 Å². The Morgan fingerprint density at radius 3 is 1.95 bits per heavy atom. The summed E-state index contributed by atoms with van der Waals surface area (Å²) in [7, 11) is 6.00. The fourth-order valence-electron chi connectivity index (χ4n) is 5.55. The number of carboxylic acid groups (broad SMARTS) is 1. The van der Waals surface area contributed by atoms with Crippen LogP contribution in [0.4, 0.5) is 0 Å². The van der Waals surface area contributed by atoms with Gasteiger partial charge in [-0.15, -0.1) is 0 Å². The molecule has 22 heavy (non-hydrogen) atoms. The largest absolute Gasteiger partial charge is 0.481 e. The van der Waals surface area contributed by atoms with Crippen molar-refractivity contribution in [3.63, 3.8) is 0 Å². The van der Waals surface area contributed by atoms with E-state index in [1.54, 1.807) is 0 Å². The fraction of sp³-hybridized carbons (Fsp3) is 0.947. The summed E-state index contributed by atoms with van der Waals surface area (Å²) in [6.45, 7) is 0. The van der Waals surface area contributed by atoms with Gasteiger partial charge >= 0.3 is 5.97 Å². The highest BCUT2D eigenvalue weighted by atomic mass is 16.4. The maximum Gasteiger partial charge on any atom is 0.303 e. The molecule has 3 atom stereocenters. The molecule has 0 aromatic heterocycles. The molecule has 4 aliphatic carbocycles. The van der Waals surface area contributed by atoms with E-state index in [0.717, 1.165) is 11.8 Å². The lowest BCUT2D eigenvalue weighted by Gasteiger charge is -2.29. The van der Waals surface area contributed by atoms with Crippen molar-refractivity contribution in [2.24, 2.45) is 28.6 Å². The molecule has 4 saturated carbocycles. The molecule has 0 bridgehead atoms. The minimum absolute atomic E-state index is 0.426. The first kappa shape index (κ1) is 16.3. The minimum atomic E-state index is -0.578. The van der Waals surface area contributed by atoms with E-state index in [1.807, 2.05) is 26.0 Å². The number of rotatable bonds is 2. The number of aliphatic carboxylic acids is 1. The Hall–Kier alpha value is -0.570. The zero-order valence-electron chi connectivity index (χ0n) is 14.6. The van der Waals surface area contributed by atoms with E-state index in [2.05, 4.69) is 0 Å². The first-order valence-corrected chi connectivity index (χ1v) is 9.20. The van der Waals surface area contributed by atoms with E-state index in [9.17, 15) is 4.79 Å². The third-order valence-corrected chi connectivity index (χ3v) is 6.90. The van der Waals surface area contributed by atoms with Crippen LogP contribution in [-0.2, 0) is 4.79 Å². The van der Waals surface area contributed by atoms with Gasteiger partial charge in [0.2, 0.25) is 0 Å². The van der Waals surface area contributed by atoms with Crippen LogP contribution in [0.25, 0.3) is 0 Å². The molecule has 2 spiro atoms. The molecule has 0 radical (unpaired) electrons. The van der Waals surface area contributed by atoms with Crippen LogP contribution in [0.5, 0.6) is 0 Å². The summed E-state index contributed by atoms with van der Waals surface area (Å²) in [6.07, 6.45) is 12.9. The van der Waals surface area contributed by atoms with Crippen molar-refractivity contribution in [2.45, 2.75) is 64.2 Å². The molecule has 0 aliphatic heterocycles. The molecule has 4 fully saturated rings. The molecule has 0 saturated heterocycles. The number of fused-ring (bicyclic) bond motifs is 3. The molecule has 0 heterocycles. The Bertz CT molecular complexity index is 420. The van der Waals surface area contributed by atoms with E-state index in [4.69, 9.17) is 5.11 Å². The third-order valence-electron chi connectivity index (χ3n) is 6.90. The van der Waals surface area contributed by atoms with Crippen molar-refractivity contribution >= 4 is 5.97 Å². The van der Waals surface area contributed by atoms with E-state index >= 15 is 0 Å². The van der Waals surface area contributed by atoms with Crippen LogP contribution in [0.1, 0.15) is 64.2 Å². The van der Waals surface area contributed by atoms with Crippen molar-refractivity contribution in [3.05, 3.63) is 0 Å². The molecule has 0 amide bonds. The summed E-state index contributed by atoms with van der Waals surface area (Å²) in [5, 5.41) is 9.09. The predicted octanol–water partition coefficient (Wildman–Crippen LogP) is 4.03. The Balaban J connectivity index is 0.000000325. The number of hydrogen-bond acceptors (Lipinski definition) is 2. The fourth-order valence-corrected chi connectivity index (χ4v) is 5.55. The Labute approximate surface area is 135 Å². The van der Waals surface area contributed by atoms with Gasteiger partial charge in [0.15, 0.2) is 0 Å². The van der Waals surface area contributed by atoms with Crippen LogP contribution in [0.3, 0.4) is 0 Å². The number of hydrogen-bond donors (Lipinski definition) is 1. The number of nitrogens with zero attached hydrogens (tertiary/aromatic N) is 1. The van der Waals surface area contributed by atoms with Crippen molar-refractivity contribution in [1.29, 1.82) is 0 Å². The molecule has 4 rings (SSSR count). The maximum absolute atomic E-state index is 11.0. The quantitative estimate of drug-likeness (QED) is 0.837. The SMILES string of the molecule is CN(C)C.O=C(O)CC1CCC2(CC2)C2CCC3(CC3)C2C1. The van der Waals surface area contributed by atoms with Gasteiger partial charge in [-0.2, -0.15) is 0 Å². The van der Waals surface area contributed by atoms with E-state index in [1.165, 1.54) is 57.8 Å². The average Bonchev–Trinajstić information content (AvgIpc) is 3.28. The lowest BCUT2D eigenvalue weighted by molar-refractivity contribution is -0.138. The van der Waals surface area contributed by atoms with Crippen molar-refractivity contribution < 1.29 is 9.90 Å². The molecular weight excluding hydrogens is 274 g/mol. The van der Waals surface area contributed by atoms with Crippen molar-refractivity contribution in [2.75, 3.05) is 21.1 Å². The summed E-state index contributed by atoms with van der Waals surface area (Å²) >= 11 is 0. The third kappa shape index (κ3) is 3.20. The standard InChI is InChI=1S/C16H24O2.C3H9N/c17-14(18)10-11-1-3-15(5-6-15)12-2-4-16(7-8-16)13(12)9-11;1-4(2)3/h11-13H,1-10H2,(H,17,18);1-3H3. The molecule has 4 aliphatic rings. The summed E-state index contributed by atoms with van der Waals surface area (Å²) in [5.41, 5.74) is 1.38. The van der Waals surface area contributed by atoms with E-state index < -0.39 is 5.97 Å². The van der Waals surface area contributed by atoms with Gasteiger partial charge in [0, 0.05) is 6.42 Å². The highest BCUT2D eigenvalue weighted by Gasteiger charge is 2.64. The van der Waals surface area contributed by atoms with Gasteiger partial charge in [-0.25, -0.2) is 0 Å². The summed E-state index contributed by atoms with van der Waals surface area (Å²) in [5.74, 6) is 1.77. The van der Waals surface area contributed by atoms with Crippen LogP contribution in [0.15, 0.2) is 0 Å². The zero-order valence-corrected chi connectivity index (χ0v) is 14.6. The minimum Gasteiger partial charge on any atom is -0.481 e. The Morgan fingerprint density at radius 1 is 0.955 bits per heavy atom. The van der Waals surface area contributed by atoms with Gasteiger partial charge in [-0.1, -0.05) is 0 Å². The summed E-state index contributed by atoms with van der Waals surface area (Å²) in [4.78, 5) is 13.0. The second kappa shape index (κ2) is 5.81. The summed E-state index contributed by atoms with van der Waals surface area (Å²) in [6, 6.07) is 0. The maximum atomic E-state index is 11.0. The van der Waals surface area contributed by atoms with Gasteiger partial charge in [-0.3, -0.25) is 4.79 Å². The molecule has 1 N–H and O–H groups in total. The van der Waals surface area contributed by atoms with Crippen molar-refractivity contribution in [1.82, 2.24) is 4.90 Å². The van der Waals surface area contributed by atoms with Crippen molar-refractivity contribution in [3.8, 4) is 0 Å². The van der Waals surface area contributed by atoms with E-state index in [-0.39, 0.29) is 0 Å². The monoisotopic (exact) mass is 307 g/mol. The number of carbonyl (C=O) groups is 1. The topological polar surface area (TPSA) is 40.5 Å². The first-order valence-electron chi connectivity index (χ1n) is 9.20. The predicted molar refractivity (Wildman–Crippen MR) is 88.8 cm³/mol. The molecule has 3 heteroatoms. The van der Waals surface area contributed by atoms with E-state index in [0.29, 0.717) is 23.2 Å². The van der Waals surface area contributed by atoms with Crippen LogP contribution < -0.4 is 0 Å². The highest BCUT2D eigenvalue weighted by molar-refractivity contribution is 5.67. The van der Waals surface area contributed by atoms with Crippen LogP contribution in [0.2, 0.25) is 0 Å². The first-order chi connectivity index (χ1) is 10.4. The Morgan fingerprint density at radius 2 is 1.45 bits per heavy atom. The van der Waals surface area contributed by atoms with Crippen LogP contribution in [-0.4, -0.2) is 37.1 Å². The molecule has 3 nitrogen and oxygen atoms in total. The van der Waals surface area contributed by atoms with Gasteiger partial charge in [0.05, 0.1) is 0 Å². The van der Waals surface area contributed by atoms with Gasteiger partial charge in [0.1, 0.15) is 0 Å². The highest BCUT2D eigenvalue weighted by Crippen LogP contribution is 2.73. The van der Waals surface area contributed by atoms with Crippen LogP contribution >= 0.6 is 0 Å². The zero-order chi connectivity index (χ0) is 16.0. The molecule has 126 valence electrons. The lowest BCUT2D eigenvalue weighted by atomic mass is 9.76. The average molecular weight is 307 g/mol. The number of carboxylic acids is 1. The second-order valence-corrected chi connectivity index (χ2v) is 9.06. The smallest absolute Gasteiger partial charge is 0.303 e. The van der Waals surface area contributed by atoms with Gasteiger partial charge < -0.3 is 10.0 Å². The lowest BCUT2D eigenvalue weighted by Crippen LogP contribution is -2.23. The summed E-state index contributed by atoms with van der Waals surface area (Å²) < 4.78 is 0. The molecule has 3 unspecified atom stereocenters. The molecule has 0 aromatic rings. The van der Waals surface area contributed by atoms with Crippen LogP contribution in [0, 0.1) is 28.6 Å². The Kier molecular flexibility index (Phi) is 4.30. The molecular formula is C19H33NO2. The second-order valence-electron chi connectivity index (χ2n) is 9.06. The van der Waals surface area contributed by atoms with Gasteiger partial charge in [0.25, 0.3) is 0 Å². The normalized spacial score (nSPS) is 36.5.